The van der Waals surface area contributed by atoms with Crippen LogP contribution in [0.3, 0.4) is 0 Å². The number of nitrogen functional groups attached to an aromatic ring is 1. The molecule has 162 valence electrons. The van der Waals surface area contributed by atoms with Crippen LogP contribution < -0.4 is 10.5 Å². The molecule has 0 fully saturated rings. The molecule has 33 heavy (non-hydrogen) atoms. The molecule has 0 aliphatic rings. The fourth-order valence-corrected chi connectivity index (χ4v) is 4.37. The van der Waals surface area contributed by atoms with E-state index in [0.717, 1.165) is 43.7 Å². The molecule has 0 amide bonds. The van der Waals surface area contributed by atoms with Gasteiger partial charge >= 0.3 is 0 Å². The van der Waals surface area contributed by atoms with Crippen molar-refractivity contribution >= 4 is 45.0 Å². The molecular weight excluding hydrogens is 496 g/mol. The molecule has 0 aliphatic carbocycles. The van der Waals surface area contributed by atoms with E-state index in [2.05, 4.69) is 28.1 Å². The molecule has 0 saturated heterocycles. The Morgan fingerprint density at radius 2 is 1.58 bits per heavy atom. The monoisotopic (exact) mass is 514 g/mol. The van der Waals surface area contributed by atoms with Crippen molar-refractivity contribution in [2.24, 2.45) is 0 Å². The molecule has 2 N–H and O–H groups in total. The van der Waals surface area contributed by atoms with Crippen LogP contribution >= 0.6 is 28.1 Å². The number of halogens is 1. The molecule has 5 aromatic rings. The highest BCUT2D eigenvalue weighted by Crippen LogP contribution is 2.36. The smallest absolute Gasteiger partial charge is 0.207 e. The van der Waals surface area contributed by atoms with Gasteiger partial charge in [-0.15, -0.1) is 0 Å². The van der Waals surface area contributed by atoms with Gasteiger partial charge in [0, 0.05) is 15.7 Å². The van der Waals surface area contributed by atoms with Gasteiger partial charge in [0.25, 0.3) is 0 Å². The second-order valence-electron chi connectivity index (χ2n) is 7.44. The molecule has 0 radical (unpaired) electrons. The van der Waals surface area contributed by atoms with Gasteiger partial charge in [-0.25, -0.2) is 4.98 Å². The number of nitrogens with two attached hydrogens (primary N) is 1. The predicted molar refractivity (Wildman–Crippen MR) is 139 cm³/mol. The lowest BCUT2D eigenvalue weighted by atomic mass is 9.99. The standard InChI is InChI=1S/C26H19BrN4OS/c1-32-20-13-7-17(8-14-20)22-15-21(16-5-3-2-4-6-16)23-24(28)31(26(33)30-25(23)29-22)19-11-9-18(27)10-12-19/h2-15H,28H2,1H3. The van der Waals surface area contributed by atoms with Crippen molar-refractivity contribution < 1.29 is 4.74 Å². The van der Waals surface area contributed by atoms with Gasteiger partial charge in [0.1, 0.15) is 11.6 Å². The van der Waals surface area contributed by atoms with Gasteiger partial charge in [0.15, 0.2) is 5.65 Å². The minimum Gasteiger partial charge on any atom is -0.497 e. The number of aromatic nitrogens is 3. The normalized spacial score (nSPS) is 11.0. The van der Waals surface area contributed by atoms with Gasteiger partial charge in [-0.05, 0) is 77.9 Å². The van der Waals surface area contributed by atoms with Gasteiger partial charge in [-0.2, -0.15) is 4.98 Å². The van der Waals surface area contributed by atoms with Crippen molar-refractivity contribution in [2.75, 3.05) is 12.8 Å². The van der Waals surface area contributed by atoms with E-state index in [1.165, 1.54) is 0 Å². The molecule has 3 aromatic carbocycles. The molecule has 0 spiro atoms. The second-order valence-corrected chi connectivity index (χ2v) is 8.72. The fourth-order valence-electron chi connectivity index (χ4n) is 3.82. The summed E-state index contributed by atoms with van der Waals surface area (Å²) in [6, 6.07) is 27.7. The Kier molecular flexibility index (Phi) is 5.66. The van der Waals surface area contributed by atoms with E-state index in [1.54, 1.807) is 11.7 Å². The van der Waals surface area contributed by atoms with Crippen molar-refractivity contribution in [1.29, 1.82) is 0 Å². The number of nitrogens with zero attached hydrogens (tertiary/aromatic N) is 3. The molecule has 0 bridgehead atoms. The third-order valence-electron chi connectivity index (χ3n) is 5.45. The second kappa shape index (κ2) is 8.77. The number of hydrogen-bond donors (Lipinski definition) is 1. The highest BCUT2D eigenvalue weighted by Gasteiger charge is 2.17. The van der Waals surface area contributed by atoms with E-state index in [4.69, 9.17) is 32.7 Å². The third kappa shape index (κ3) is 4.01. The molecule has 7 heteroatoms. The molecule has 0 atom stereocenters. The van der Waals surface area contributed by atoms with E-state index < -0.39 is 0 Å². The Labute approximate surface area is 204 Å². The molecular formula is C26H19BrN4OS. The van der Waals surface area contributed by atoms with Gasteiger partial charge in [-0.3, -0.25) is 4.57 Å². The van der Waals surface area contributed by atoms with Crippen LogP contribution in [0.15, 0.2) is 89.4 Å². The Balaban J connectivity index is 1.82. The quantitative estimate of drug-likeness (QED) is 0.266. The fraction of sp³-hybridized carbons (Fsp3) is 0.0385. The summed E-state index contributed by atoms with van der Waals surface area (Å²) in [5.41, 5.74) is 11.8. The van der Waals surface area contributed by atoms with Crippen LogP contribution in [0.2, 0.25) is 0 Å². The SMILES string of the molecule is COc1ccc(-c2cc(-c3ccccc3)c3c(N)n(-c4ccc(Br)cc4)c(=S)nc3n2)cc1. The first-order chi connectivity index (χ1) is 16.0. The van der Waals surface area contributed by atoms with Crippen LogP contribution in [-0.2, 0) is 0 Å². The minimum absolute atomic E-state index is 0.348. The number of anilines is 1. The first kappa shape index (κ1) is 21.3. The van der Waals surface area contributed by atoms with Gasteiger partial charge in [-0.1, -0.05) is 46.3 Å². The summed E-state index contributed by atoms with van der Waals surface area (Å²) in [6.45, 7) is 0. The molecule has 5 nitrogen and oxygen atoms in total. The average Bonchev–Trinajstić information content (AvgIpc) is 2.85. The largest absolute Gasteiger partial charge is 0.497 e. The first-order valence-electron chi connectivity index (χ1n) is 10.2. The lowest BCUT2D eigenvalue weighted by Crippen LogP contribution is -2.09. The zero-order valence-electron chi connectivity index (χ0n) is 17.7. The van der Waals surface area contributed by atoms with Crippen LogP contribution in [0, 0.1) is 4.77 Å². The zero-order valence-corrected chi connectivity index (χ0v) is 20.1. The molecule has 0 aliphatic heterocycles. The van der Waals surface area contributed by atoms with Crippen molar-refractivity contribution in [1.82, 2.24) is 14.5 Å². The zero-order chi connectivity index (χ0) is 22.9. The number of benzene rings is 3. The predicted octanol–water partition coefficient (Wildman–Crippen LogP) is 6.84. The summed E-state index contributed by atoms with van der Waals surface area (Å²) in [7, 11) is 1.65. The molecule has 0 unspecified atom stereocenters. The van der Waals surface area contributed by atoms with Crippen molar-refractivity contribution in [3.63, 3.8) is 0 Å². The Bertz CT molecular complexity index is 1520. The maximum atomic E-state index is 6.74. The van der Waals surface area contributed by atoms with Crippen molar-refractivity contribution in [3.05, 3.63) is 94.2 Å². The van der Waals surface area contributed by atoms with Crippen molar-refractivity contribution in [3.8, 4) is 33.8 Å². The van der Waals surface area contributed by atoms with Crippen LogP contribution in [0.1, 0.15) is 0 Å². The number of fused-ring (bicyclic) bond motifs is 1. The summed E-state index contributed by atoms with van der Waals surface area (Å²) in [4.78, 5) is 9.53. The van der Waals surface area contributed by atoms with Gasteiger partial charge < -0.3 is 10.5 Å². The van der Waals surface area contributed by atoms with Gasteiger partial charge in [0.05, 0.1) is 18.2 Å². The highest BCUT2D eigenvalue weighted by molar-refractivity contribution is 9.10. The summed E-state index contributed by atoms with van der Waals surface area (Å²) in [6.07, 6.45) is 0. The van der Waals surface area contributed by atoms with E-state index in [1.807, 2.05) is 72.8 Å². The lowest BCUT2D eigenvalue weighted by molar-refractivity contribution is 0.415. The third-order valence-corrected chi connectivity index (χ3v) is 6.25. The van der Waals surface area contributed by atoms with E-state index >= 15 is 0 Å². The van der Waals surface area contributed by atoms with E-state index in [9.17, 15) is 0 Å². The number of pyridine rings is 1. The highest BCUT2D eigenvalue weighted by atomic mass is 79.9. The number of ether oxygens (including phenoxy) is 1. The lowest BCUT2D eigenvalue weighted by Gasteiger charge is -2.16. The van der Waals surface area contributed by atoms with Crippen LogP contribution in [0.5, 0.6) is 5.75 Å². The van der Waals surface area contributed by atoms with Crippen LogP contribution in [0.4, 0.5) is 5.82 Å². The first-order valence-corrected chi connectivity index (χ1v) is 11.4. The van der Waals surface area contributed by atoms with Crippen LogP contribution in [-0.4, -0.2) is 21.6 Å². The topological polar surface area (TPSA) is 66.0 Å². The van der Waals surface area contributed by atoms with E-state index in [-0.39, 0.29) is 0 Å². The summed E-state index contributed by atoms with van der Waals surface area (Å²) in [5, 5.41) is 0.759. The maximum absolute atomic E-state index is 6.74. The van der Waals surface area contributed by atoms with Crippen molar-refractivity contribution in [2.45, 2.75) is 0 Å². The Hall–Kier alpha value is -3.55. The summed E-state index contributed by atoms with van der Waals surface area (Å²) < 4.78 is 8.40. The number of methoxy groups -OCH3 is 1. The molecule has 2 heterocycles. The van der Waals surface area contributed by atoms with E-state index in [0.29, 0.717) is 16.2 Å². The average molecular weight is 515 g/mol. The Morgan fingerprint density at radius 3 is 2.24 bits per heavy atom. The number of hydrogen-bond acceptors (Lipinski definition) is 5. The molecule has 2 aromatic heterocycles. The van der Waals surface area contributed by atoms with Gasteiger partial charge in [0.2, 0.25) is 4.77 Å². The number of rotatable bonds is 4. The molecule has 5 rings (SSSR count). The van der Waals surface area contributed by atoms with Crippen LogP contribution in [0.25, 0.3) is 39.1 Å². The minimum atomic E-state index is 0.348. The summed E-state index contributed by atoms with van der Waals surface area (Å²) >= 11 is 9.11. The molecule has 0 saturated carbocycles. The Morgan fingerprint density at radius 1 is 0.879 bits per heavy atom. The summed E-state index contributed by atoms with van der Waals surface area (Å²) in [5.74, 6) is 1.29. The maximum Gasteiger partial charge on any atom is 0.207 e.